The number of hydrogen-bond acceptors (Lipinski definition) is 2. The third-order valence-corrected chi connectivity index (χ3v) is 19.6. The Hall–Kier alpha value is -9.84. The van der Waals surface area contributed by atoms with Gasteiger partial charge in [-0.1, -0.05) is 253 Å². The standard InChI is InChI=1S/C86H75BN4/c1-83(2,3)63-47-67(85(7,8)9)77-65-35-25-37-69-80(65)90(73(77)49-63)75-45-61(46-76-79(75)87(69)70-38-26-36-66-78-68(86(10,11)12)48-64(84(4,5)6)50-74(78)91(76)81(66)70)72-51-71(60-41-56(52-27-17-13-18-28-52)39-57(42-60)53-29-19-14-20-30-53)88-82(89-72)62-43-58(54-31-21-15-22-32-54)40-59(44-62)55-33-23-16-24-34-55/h13-51H,1-12H3. The molecule has 11 aromatic carbocycles. The lowest BCUT2D eigenvalue weighted by Gasteiger charge is -2.34. The average molecular weight is 1180 g/mol. The lowest BCUT2D eigenvalue weighted by atomic mass is 9.34. The zero-order valence-electron chi connectivity index (χ0n) is 54.4. The predicted molar refractivity (Wildman–Crippen MR) is 388 cm³/mol. The van der Waals surface area contributed by atoms with Gasteiger partial charge in [-0.3, -0.25) is 0 Å². The number of para-hydroxylation sites is 2. The van der Waals surface area contributed by atoms with Crippen LogP contribution in [0.3, 0.4) is 0 Å². The van der Waals surface area contributed by atoms with Crippen molar-refractivity contribution >= 4 is 66.7 Å². The van der Waals surface area contributed by atoms with Gasteiger partial charge in [-0.2, -0.15) is 0 Å². The molecule has 2 aliphatic rings. The van der Waals surface area contributed by atoms with Gasteiger partial charge in [-0.25, -0.2) is 9.97 Å². The number of aromatic nitrogens is 4. The first-order valence-corrected chi connectivity index (χ1v) is 32.5. The topological polar surface area (TPSA) is 35.6 Å². The molecule has 0 saturated heterocycles. The van der Waals surface area contributed by atoms with Crippen LogP contribution in [-0.4, -0.2) is 25.8 Å². The van der Waals surface area contributed by atoms with E-state index in [1.54, 1.807) is 0 Å². The Kier molecular flexibility index (Phi) is 12.6. The smallest absolute Gasteiger partial charge is 0.252 e. The SMILES string of the molecule is CC(C)(C)c1cc(C(C)(C)C)c2c3cccc4c3n(c2c1)-c1cc(-c2cc(-c3cc(-c5ccccc5)cc(-c5ccccc5)c3)nc(-c3cc(-c5ccccc5)cc(-c5ccccc5)c3)n2)cc2c1B4c1cccc3c4c(C(C)(C)C)cc(C(C)(C)C)cc4n-2c13. The average Bonchev–Trinajstić information content (AvgIpc) is 1.56. The summed E-state index contributed by atoms with van der Waals surface area (Å²) in [6.07, 6.45) is 0. The molecule has 2 aliphatic heterocycles. The van der Waals surface area contributed by atoms with E-state index in [0.717, 1.165) is 72.6 Å². The molecule has 0 bridgehead atoms. The van der Waals surface area contributed by atoms with Crippen molar-refractivity contribution in [2.75, 3.05) is 0 Å². The molecule has 0 unspecified atom stereocenters. The zero-order valence-corrected chi connectivity index (χ0v) is 54.4. The molecular weight excluding hydrogens is 1100 g/mol. The quantitative estimate of drug-likeness (QED) is 0.149. The van der Waals surface area contributed by atoms with Gasteiger partial charge in [0.15, 0.2) is 5.82 Å². The van der Waals surface area contributed by atoms with Crippen LogP contribution in [0.5, 0.6) is 0 Å². The van der Waals surface area contributed by atoms with Gasteiger partial charge in [-0.05, 0) is 172 Å². The molecule has 442 valence electrons. The molecule has 91 heavy (non-hydrogen) atoms. The molecule has 0 fully saturated rings. The predicted octanol–water partition coefficient (Wildman–Crippen LogP) is 20.7. The number of benzene rings is 11. The minimum atomic E-state index is -0.144. The van der Waals surface area contributed by atoms with E-state index in [9.17, 15) is 0 Å². The van der Waals surface area contributed by atoms with Gasteiger partial charge < -0.3 is 9.13 Å². The van der Waals surface area contributed by atoms with Crippen LogP contribution >= 0.6 is 0 Å². The summed E-state index contributed by atoms with van der Waals surface area (Å²) in [6, 6.07) is 88.6. The molecule has 0 N–H and O–H groups in total. The Bertz CT molecular complexity index is 4850. The van der Waals surface area contributed by atoms with Crippen molar-refractivity contribution in [3.63, 3.8) is 0 Å². The first kappa shape index (κ1) is 56.4. The zero-order chi connectivity index (χ0) is 62.6. The summed E-state index contributed by atoms with van der Waals surface area (Å²) < 4.78 is 5.35. The van der Waals surface area contributed by atoms with Crippen molar-refractivity contribution < 1.29 is 0 Å². The lowest BCUT2D eigenvalue weighted by Crippen LogP contribution is -2.59. The first-order valence-electron chi connectivity index (χ1n) is 32.5. The van der Waals surface area contributed by atoms with E-state index in [-0.39, 0.29) is 28.4 Å². The second-order valence-electron chi connectivity index (χ2n) is 29.9. The number of fused-ring (bicyclic) bond motifs is 10. The van der Waals surface area contributed by atoms with Gasteiger partial charge in [-0.15, -0.1) is 0 Å². The lowest BCUT2D eigenvalue weighted by molar-refractivity contribution is 0.572. The highest BCUT2D eigenvalue weighted by Crippen LogP contribution is 2.48. The molecule has 5 heterocycles. The largest absolute Gasteiger partial charge is 0.310 e. The van der Waals surface area contributed by atoms with Crippen molar-refractivity contribution in [1.29, 1.82) is 0 Å². The maximum absolute atomic E-state index is 5.93. The van der Waals surface area contributed by atoms with E-state index in [4.69, 9.17) is 9.97 Å². The Morgan fingerprint density at radius 3 is 0.989 bits per heavy atom. The Balaban J connectivity index is 1.07. The van der Waals surface area contributed by atoms with Gasteiger partial charge in [0.1, 0.15) is 0 Å². The summed E-state index contributed by atoms with van der Waals surface area (Å²) in [5, 5.41) is 5.25. The van der Waals surface area contributed by atoms with Crippen molar-refractivity contribution in [3.05, 3.63) is 259 Å². The van der Waals surface area contributed by atoms with Crippen LogP contribution in [0.15, 0.2) is 237 Å². The number of nitrogens with zero attached hydrogens (tertiary/aromatic N) is 4. The maximum atomic E-state index is 5.93. The summed E-state index contributed by atoms with van der Waals surface area (Å²) in [5.41, 5.74) is 30.0. The summed E-state index contributed by atoms with van der Waals surface area (Å²) in [4.78, 5) is 11.7. The Morgan fingerprint density at radius 2 is 0.637 bits per heavy atom. The van der Waals surface area contributed by atoms with Gasteiger partial charge >= 0.3 is 0 Å². The Morgan fingerprint density at radius 1 is 0.297 bits per heavy atom. The molecule has 0 aliphatic carbocycles. The minimum Gasteiger partial charge on any atom is -0.310 e. The second-order valence-corrected chi connectivity index (χ2v) is 29.9. The molecule has 0 spiro atoms. The van der Waals surface area contributed by atoms with Gasteiger partial charge in [0.2, 0.25) is 0 Å². The van der Waals surface area contributed by atoms with E-state index in [1.165, 1.54) is 93.6 Å². The van der Waals surface area contributed by atoms with Crippen LogP contribution in [0, 0.1) is 0 Å². The summed E-state index contributed by atoms with van der Waals surface area (Å²) in [6.45, 7) is 28.5. The van der Waals surface area contributed by atoms with E-state index < -0.39 is 0 Å². The molecule has 0 atom stereocenters. The van der Waals surface area contributed by atoms with Crippen LogP contribution in [0.25, 0.3) is 133 Å². The van der Waals surface area contributed by atoms with Crippen molar-refractivity contribution in [1.82, 2.24) is 19.1 Å². The van der Waals surface area contributed by atoms with Gasteiger partial charge in [0, 0.05) is 60.6 Å². The molecule has 5 heteroatoms. The molecule has 0 saturated carbocycles. The van der Waals surface area contributed by atoms with Crippen molar-refractivity contribution in [2.24, 2.45) is 0 Å². The van der Waals surface area contributed by atoms with Crippen LogP contribution in [0.4, 0.5) is 0 Å². The fourth-order valence-electron chi connectivity index (χ4n) is 15.0. The van der Waals surface area contributed by atoms with E-state index in [0.29, 0.717) is 5.82 Å². The molecule has 0 amide bonds. The molecular formula is C86H75BN4. The minimum absolute atomic E-state index is 0.0498. The normalized spacial score (nSPS) is 13.0. The van der Waals surface area contributed by atoms with Crippen molar-refractivity contribution in [2.45, 2.75) is 105 Å². The monoisotopic (exact) mass is 1170 g/mol. The summed E-state index contributed by atoms with van der Waals surface area (Å²) >= 11 is 0. The fourth-order valence-corrected chi connectivity index (χ4v) is 15.0. The number of rotatable bonds is 7. The Labute approximate surface area is 536 Å². The molecule has 16 rings (SSSR count). The number of hydrogen-bond donors (Lipinski definition) is 0. The van der Waals surface area contributed by atoms with E-state index in [2.05, 4.69) is 329 Å². The van der Waals surface area contributed by atoms with Crippen LogP contribution in [0.1, 0.15) is 105 Å². The van der Waals surface area contributed by atoms with E-state index >= 15 is 0 Å². The third kappa shape index (κ3) is 9.25. The van der Waals surface area contributed by atoms with Crippen LogP contribution < -0.4 is 16.4 Å². The molecule has 4 nitrogen and oxygen atoms in total. The summed E-state index contributed by atoms with van der Waals surface area (Å²) in [7, 11) is 0. The first-order chi connectivity index (χ1) is 43.6. The molecule has 3 aromatic heterocycles. The van der Waals surface area contributed by atoms with E-state index in [1.807, 2.05) is 0 Å². The van der Waals surface area contributed by atoms with Crippen LogP contribution in [0.2, 0.25) is 0 Å². The van der Waals surface area contributed by atoms with Gasteiger partial charge in [0.05, 0.1) is 22.4 Å². The fraction of sp³-hybridized carbons (Fsp3) is 0.186. The third-order valence-electron chi connectivity index (χ3n) is 19.6. The molecule has 0 radical (unpaired) electrons. The van der Waals surface area contributed by atoms with Crippen LogP contribution in [-0.2, 0) is 21.7 Å². The highest BCUT2D eigenvalue weighted by Gasteiger charge is 2.43. The highest BCUT2D eigenvalue weighted by atomic mass is 15.0. The maximum Gasteiger partial charge on any atom is 0.252 e. The summed E-state index contributed by atoms with van der Waals surface area (Å²) in [5.74, 6) is 0.658. The molecule has 14 aromatic rings. The highest BCUT2D eigenvalue weighted by molar-refractivity contribution is 7.00. The second kappa shape index (κ2) is 20.3. The van der Waals surface area contributed by atoms with Crippen molar-refractivity contribution in [3.8, 4) is 89.8 Å². The van der Waals surface area contributed by atoms with Gasteiger partial charge in [0.25, 0.3) is 6.71 Å².